The van der Waals surface area contributed by atoms with Crippen LogP contribution in [0.2, 0.25) is 10.0 Å². The predicted octanol–water partition coefficient (Wildman–Crippen LogP) is 9.19. The molecule has 3 aromatic carbocycles. The van der Waals surface area contributed by atoms with Gasteiger partial charge in [0.05, 0.1) is 23.2 Å². The first-order chi connectivity index (χ1) is 17.2. The molecule has 0 aromatic heterocycles. The molecule has 3 atom stereocenters. The highest BCUT2D eigenvalue weighted by Gasteiger charge is 2.40. The molecule has 3 aromatic rings. The Morgan fingerprint density at radius 1 is 1.08 bits per heavy atom. The van der Waals surface area contributed by atoms with Crippen LogP contribution in [-0.2, 0) is 12.8 Å². The fourth-order valence-electron chi connectivity index (χ4n) is 4.95. The summed E-state index contributed by atoms with van der Waals surface area (Å²) < 4.78 is 52.4. The van der Waals surface area contributed by atoms with E-state index in [1.54, 1.807) is 25.3 Å². The van der Waals surface area contributed by atoms with Gasteiger partial charge in [0, 0.05) is 27.2 Å². The van der Waals surface area contributed by atoms with E-state index in [1.165, 1.54) is 12.1 Å². The van der Waals surface area contributed by atoms with Gasteiger partial charge in [-0.2, -0.15) is 13.2 Å². The minimum Gasteiger partial charge on any atom is -0.493 e. The summed E-state index contributed by atoms with van der Waals surface area (Å²) in [6.07, 6.45) is 0.426. The number of ether oxygens (including phenoxy) is 2. The monoisotopic (exact) mass is 597 g/mol. The molecule has 1 heterocycles. The SMILES string of the molecule is COc1cc([C@H]2Nc3ccc(C(F)(F)F)cc3[C@H]3C=CC[C@@H]32)cc(Br)c1OCc1ccc(Cl)cc1Cl. The summed E-state index contributed by atoms with van der Waals surface area (Å²) in [7, 11) is 1.57. The van der Waals surface area contributed by atoms with Gasteiger partial charge in [0.25, 0.3) is 0 Å². The average Bonchev–Trinajstić information content (AvgIpc) is 3.33. The molecule has 0 saturated carbocycles. The van der Waals surface area contributed by atoms with Gasteiger partial charge in [0.2, 0.25) is 0 Å². The second-order valence-electron chi connectivity index (χ2n) is 8.83. The Bertz CT molecular complexity index is 1350. The summed E-state index contributed by atoms with van der Waals surface area (Å²) in [5.74, 6) is 1.02. The van der Waals surface area contributed by atoms with Crippen molar-refractivity contribution in [3.8, 4) is 11.5 Å². The van der Waals surface area contributed by atoms with Gasteiger partial charge in [0.1, 0.15) is 6.61 Å². The molecule has 0 radical (unpaired) electrons. The van der Waals surface area contributed by atoms with E-state index in [-0.39, 0.29) is 24.5 Å². The molecule has 5 rings (SSSR count). The Kier molecular flexibility index (Phi) is 6.92. The molecule has 0 bridgehead atoms. The van der Waals surface area contributed by atoms with Gasteiger partial charge in [0.15, 0.2) is 11.5 Å². The molecule has 1 N–H and O–H groups in total. The van der Waals surface area contributed by atoms with Gasteiger partial charge < -0.3 is 14.8 Å². The van der Waals surface area contributed by atoms with Crippen molar-refractivity contribution < 1.29 is 22.6 Å². The Balaban J connectivity index is 1.45. The summed E-state index contributed by atoms with van der Waals surface area (Å²) >= 11 is 15.9. The first-order valence-electron chi connectivity index (χ1n) is 11.2. The molecule has 3 nitrogen and oxygen atoms in total. The molecule has 0 spiro atoms. The third kappa shape index (κ3) is 4.81. The van der Waals surface area contributed by atoms with Gasteiger partial charge in [-0.15, -0.1) is 0 Å². The molecule has 0 fully saturated rings. The Labute approximate surface area is 225 Å². The number of nitrogens with one attached hydrogen (secondary N) is 1. The molecule has 188 valence electrons. The Morgan fingerprint density at radius 3 is 2.61 bits per heavy atom. The van der Waals surface area contributed by atoms with Crippen LogP contribution in [0.5, 0.6) is 11.5 Å². The van der Waals surface area contributed by atoms with Crippen molar-refractivity contribution in [2.45, 2.75) is 31.2 Å². The van der Waals surface area contributed by atoms with Crippen LogP contribution in [0, 0.1) is 5.92 Å². The van der Waals surface area contributed by atoms with Crippen molar-refractivity contribution in [2.75, 3.05) is 12.4 Å². The maximum atomic E-state index is 13.3. The summed E-state index contributed by atoms with van der Waals surface area (Å²) in [6, 6.07) is 12.9. The molecule has 1 aliphatic carbocycles. The van der Waals surface area contributed by atoms with Gasteiger partial charge >= 0.3 is 6.18 Å². The molecule has 9 heteroatoms. The normalized spacial score (nSPS) is 20.5. The van der Waals surface area contributed by atoms with Crippen LogP contribution in [0.4, 0.5) is 18.9 Å². The van der Waals surface area contributed by atoms with Crippen LogP contribution in [0.25, 0.3) is 0 Å². The second kappa shape index (κ2) is 9.84. The van der Waals surface area contributed by atoms with Crippen molar-refractivity contribution in [1.82, 2.24) is 0 Å². The lowest BCUT2D eigenvalue weighted by Crippen LogP contribution is -2.29. The topological polar surface area (TPSA) is 30.5 Å². The maximum Gasteiger partial charge on any atom is 0.416 e. The zero-order valence-electron chi connectivity index (χ0n) is 19.0. The zero-order valence-corrected chi connectivity index (χ0v) is 22.1. The second-order valence-corrected chi connectivity index (χ2v) is 10.5. The van der Waals surface area contributed by atoms with Crippen molar-refractivity contribution in [3.63, 3.8) is 0 Å². The lowest BCUT2D eigenvalue weighted by Gasteiger charge is -2.38. The zero-order chi connectivity index (χ0) is 25.6. The third-order valence-electron chi connectivity index (χ3n) is 6.69. The Hall–Kier alpha value is -2.35. The number of allylic oxidation sites excluding steroid dienone is 2. The first-order valence-corrected chi connectivity index (χ1v) is 12.8. The maximum absolute atomic E-state index is 13.3. The third-order valence-corrected chi connectivity index (χ3v) is 7.86. The largest absolute Gasteiger partial charge is 0.493 e. The molecule has 36 heavy (non-hydrogen) atoms. The molecule has 1 aliphatic heterocycles. The van der Waals surface area contributed by atoms with Crippen molar-refractivity contribution >= 4 is 44.8 Å². The van der Waals surface area contributed by atoms with E-state index in [9.17, 15) is 13.2 Å². The molecule has 0 amide bonds. The summed E-state index contributed by atoms with van der Waals surface area (Å²) in [4.78, 5) is 0. The summed E-state index contributed by atoms with van der Waals surface area (Å²) in [6.45, 7) is 0.218. The predicted molar refractivity (Wildman–Crippen MR) is 139 cm³/mol. The van der Waals surface area contributed by atoms with E-state index in [4.69, 9.17) is 32.7 Å². The van der Waals surface area contributed by atoms with Gasteiger partial charge in [-0.1, -0.05) is 41.4 Å². The van der Waals surface area contributed by atoms with Crippen LogP contribution in [-0.4, -0.2) is 7.11 Å². The van der Waals surface area contributed by atoms with E-state index >= 15 is 0 Å². The fourth-order valence-corrected chi connectivity index (χ4v) is 5.99. The quantitative estimate of drug-likeness (QED) is 0.297. The van der Waals surface area contributed by atoms with E-state index in [0.29, 0.717) is 37.3 Å². The number of hydrogen-bond acceptors (Lipinski definition) is 3. The highest BCUT2D eigenvalue weighted by molar-refractivity contribution is 9.10. The number of alkyl halides is 3. The lowest BCUT2D eigenvalue weighted by molar-refractivity contribution is -0.137. The minimum atomic E-state index is -4.38. The molecular formula is C27H21BrCl2F3NO2. The molecular weight excluding hydrogens is 578 g/mol. The fraction of sp³-hybridized carbons (Fsp3) is 0.259. The molecule has 0 unspecified atom stereocenters. The molecule has 2 aliphatic rings. The summed E-state index contributed by atoms with van der Waals surface area (Å²) in [5.41, 5.74) is 2.47. The van der Waals surface area contributed by atoms with E-state index in [2.05, 4.69) is 21.2 Å². The van der Waals surface area contributed by atoms with E-state index < -0.39 is 11.7 Å². The standard InChI is InChI=1S/C27H21BrCl2F3NO2/c1-35-24-10-15(9-21(28)26(24)36-13-14-5-7-17(29)12-22(14)30)25-19-4-2-3-18(19)20-11-16(27(31,32)33)6-8-23(20)34-25/h2-3,5-12,18-19,25,34H,4,13H2,1H3/t18-,19-,25+/m0/s1. The highest BCUT2D eigenvalue weighted by atomic mass is 79.9. The number of rotatable bonds is 5. The number of methoxy groups -OCH3 is 1. The van der Waals surface area contributed by atoms with Gasteiger partial charge in [-0.3, -0.25) is 0 Å². The number of fused-ring (bicyclic) bond motifs is 3. The Morgan fingerprint density at radius 2 is 1.89 bits per heavy atom. The van der Waals surface area contributed by atoms with Crippen molar-refractivity contribution in [1.29, 1.82) is 0 Å². The smallest absolute Gasteiger partial charge is 0.416 e. The summed E-state index contributed by atoms with van der Waals surface area (Å²) in [5, 5.41) is 4.53. The van der Waals surface area contributed by atoms with Gasteiger partial charge in [-0.25, -0.2) is 0 Å². The molecule has 0 saturated heterocycles. The minimum absolute atomic E-state index is 0.0669. The van der Waals surface area contributed by atoms with Crippen LogP contribution in [0.15, 0.2) is 65.2 Å². The van der Waals surface area contributed by atoms with Gasteiger partial charge in [-0.05, 0) is 81.9 Å². The number of halogens is 6. The highest BCUT2D eigenvalue weighted by Crippen LogP contribution is 2.52. The van der Waals surface area contributed by atoms with Crippen LogP contribution >= 0.6 is 39.1 Å². The first kappa shape index (κ1) is 25.3. The van der Waals surface area contributed by atoms with Crippen LogP contribution in [0.1, 0.15) is 40.6 Å². The average molecular weight is 599 g/mol. The van der Waals surface area contributed by atoms with Crippen LogP contribution < -0.4 is 14.8 Å². The number of benzene rings is 3. The number of anilines is 1. The van der Waals surface area contributed by atoms with Crippen molar-refractivity contribution in [2.24, 2.45) is 5.92 Å². The lowest BCUT2D eigenvalue weighted by atomic mass is 9.76. The van der Waals surface area contributed by atoms with Crippen molar-refractivity contribution in [3.05, 3.63) is 97.5 Å². The van der Waals surface area contributed by atoms with E-state index in [0.717, 1.165) is 23.6 Å². The van der Waals surface area contributed by atoms with E-state index in [1.807, 2.05) is 24.3 Å². The van der Waals surface area contributed by atoms with Crippen LogP contribution in [0.3, 0.4) is 0 Å². The number of hydrogen-bond donors (Lipinski definition) is 1.